The Bertz CT molecular complexity index is 202. The van der Waals surface area contributed by atoms with Gasteiger partial charge in [-0.3, -0.25) is 4.79 Å². The summed E-state index contributed by atoms with van der Waals surface area (Å²) in [6.07, 6.45) is 0.738. The van der Waals surface area contributed by atoms with Gasteiger partial charge >= 0.3 is 5.97 Å². The van der Waals surface area contributed by atoms with Crippen molar-refractivity contribution in [1.29, 1.82) is 5.26 Å². The van der Waals surface area contributed by atoms with Crippen LogP contribution in [-0.2, 0) is 9.63 Å². The third-order valence-corrected chi connectivity index (χ3v) is 1.79. The largest absolute Gasteiger partial charge is 0.356 e. The van der Waals surface area contributed by atoms with Gasteiger partial charge in [-0.1, -0.05) is 12.5 Å². The number of carbonyl (C=O) groups excluding carboxylic acids is 1. The Morgan fingerprint density at radius 1 is 1.64 bits per heavy atom. The second kappa shape index (κ2) is 8.44. The number of nitriles is 1. The van der Waals surface area contributed by atoms with Gasteiger partial charge in [-0.25, -0.2) is 5.84 Å². The molecule has 0 unspecified atom stereocenters. The van der Waals surface area contributed by atoms with Gasteiger partial charge in [-0.05, 0) is 6.54 Å². The first-order valence-corrected chi connectivity index (χ1v) is 4.49. The van der Waals surface area contributed by atoms with E-state index in [0.29, 0.717) is 19.5 Å². The summed E-state index contributed by atoms with van der Waals surface area (Å²) in [5.41, 5.74) is 1.83. The molecule has 0 amide bonds. The van der Waals surface area contributed by atoms with Crippen molar-refractivity contribution in [3.8, 4) is 6.07 Å². The van der Waals surface area contributed by atoms with Crippen LogP contribution in [0.3, 0.4) is 0 Å². The number of hydrogen-bond acceptors (Lipinski definition) is 6. The molecule has 0 aromatic heterocycles. The summed E-state index contributed by atoms with van der Waals surface area (Å²) in [5, 5.41) is 8.38. The Morgan fingerprint density at radius 2 is 2.36 bits per heavy atom. The average molecular weight is 200 g/mol. The van der Waals surface area contributed by atoms with Gasteiger partial charge in [0.1, 0.15) is 0 Å². The minimum atomic E-state index is -0.400. The van der Waals surface area contributed by atoms with Crippen LogP contribution in [0, 0.1) is 11.3 Å². The van der Waals surface area contributed by atoms with Gasteiger partial charge in [0.15, 0.2) is 0 Å². The van der Waals surface area contributed by atoms with Crippen LogP contribution in [-0.4, -0.2) is 30.5 Å². The maximum atomic E-state index is 10.9. The summed E-state index contributed by atoms with van der Waals surface area (Å²) in [6, 6.07) is 2.06. The number of hydrogen-bond donors (Lipinski definition) is 2. The third-order valence-electron chi connectivity index (χ3n) is 1.79. The number of nitrogens with one attached hydrogen (secondary N) is 1. The number of nitrogens with zero attached hydrogens (tertiary/aromatic N) is 2. The molecule has 0 radical (unpaired) electrons. The van der Waals surface area contributed by atoms with Crippen LogP contribution < -0.4 is 11.4 Å². The van der Waals surface area contributed by atoms with E-state index < -0.39 is 5.97 Å². The minimum Gasteiger partial charge on any atom is -0.356 e. The topological polar surface area (TPSA) is 91.4 Å². The van der Waals surface area contributed by atoms with E-state index in [4.69, 9.17) is 11.1 Å². The van der Waals surface area contributed by atoms with Crippen molar-refractivity contribution in [2.75, 3.05) is 19.6 Å². The highest BCUT2D eigenvalue weighted by Crippen LogP contribution is 1.94. The summed E-state index contributed by atoms with van der Waals surface area (Å²) in [4.78, 5) is 17.2. The third kappa shape index (κ3) is 6.37. The molecule has 80 valence electrons. The molecule has 0 aliphatic carbocycles. The fourth-order valence-corrected chi connectivity index (χ4v) is 1.00. The van der Waals surface area contributed by atoms with Gasteiger partial charge < -0.3 is 9.74 Å². The number of hydrazine groups is 1. The van der Waals surface area contributed by atoms with E-state index in [-0.39, 0.29) is 6.42 Å². The fourth-order valence-electron chi connectivity index (χ4n) is 1.00. The summed E-state index contributed by atoms with van der Waals surface area (Å²) in [5.74, 6) is 4.40. The highest BCUT2D eigenvalue weighted by molar-refractivity contribution is 5.69. The molecule has 0 spiro atoms. The Hall–Kier alpha value is -1.16. The van der Waals surface area contributed by atoms with Crippen LogP contribution in [0.1, 0.15) is 19.8 Å². The molecule has 0 heterocycles. The molecule has 6 nitrogen and oxygen atoms in total. The maximum Gasteiger partial charge on any atom is 0.327 e. The zero-order valence-electron chi connectivity index (χ0n) is 8.32. The predicted molar refractivity (Wildman–Crippen MR) is 50.4 cm³/mol. The molecule has 0 aliphatic heterocycles. The Kier molecular flexibility index (Phi) is 7.74. The standard InChI is InChI=1S/C8H16N4O2/c1-2-12(6-3-5-9)7-4-8(13)14-11-10/h11H,2-4,6-7,10H2,1H3. The molecule has 3 N–H and O–H groups in total. The average Bonchev–Trinajstić information content (AvgIpc) is 2.19. The first kappa shape index (κ1) is 12.8. The summed E-state index contributed by atoms with van der Waals surface area (Å²) >= 11 is 0. The van der Waals surface area contributed by atoms with Gasteiger partial charge in [-0.2, -0.15) is 5.26 Å². The van der Waals surface area contributed by atoms with Gasteiger partial charge in [0.25, 0.3) is 0 Å². The van der Waals surface area contributed by atoms with E-state index in [9.17, 15) is 4.79 Å². The molecule has 0 saturated carbocycles. The molecule has 0 aromatic carbocycles. The zero-order chi connectivity index (χ0) is 10.8. The van der Waals surface area contributed by atoms with Gasteiger partial charge in [0, 0.05) is 19.5 Å². The summed E-state index contributed by atoms with van der Waals surface area (Å²) in [6.45, 7) is 4.05. The van der Waals surface area contributed by atoms with Crippen molar-refractivity contribution in [3.63, 3.8) is 0 Å². The van der Waals surface area contributed by atoms with E-state index in [1.54, 1.807) is 0 Å². The first-order valence-electron chi connectivity index (χ1n) is 4.49. The highest BCUT2D eigenvalue weighted by atomic mass is 16.7. The normalized spacial score (nSPS) is 9.86. The summed E-state index contributed by atoms with van der Waals surface area (Å²) in [7, 11) is 0. The maximum absolute atomic E-state index is 10.9. The van der Waals surface area contributed by atoms with Crippen LogP contribution in [0.15, 0.2) is 0 Å². The molecule has 0 fully saturated rings. The lowest BCUT2D eigenvalue weighted by Crippen LogP contribution is -2.31. The van der Waals surface area contributed by atoms with Crippen molar-refractivity contribution in [2.45, 2.75) is 19.8 Å². The van der Waals surface area contributed by atoms with Crippen LogP contribution in [0.2, 0.25) is 0 Å². The lowest BCUT2D eigenvalue weighted by molar-refractivity contribution is -0.151. The quantitative estimate of drug-likeness (QED) is 0.426. The first-order chi connectivity index (χ1) is 6.74. The Morgan fingerprint density at radius 3 is 2.86 bits per heavy atom. The predicted octanol–water partition coefficient (Wildman–Crippen LogP) is -0.466. The van der Waals surface area contributed by atoms with E-state index >= 15 is 0 Å². The molecule has 0 saturated heterocycles. The van der Waals surface area contributed by atoms with Gasteiger partial charge in [0.2, 0.25) is 0 Å². The van der Waals surface area contributed by atoms with Crippen LogP contribution in [0.4, 0.5) is 0 Å². The van der Waals surface area contributed by atoms with E-state index in [0.717, 1.165) is 6.54 Å². The lowest BCUT2D eigenvalue weighted by atomic mass is 10.3. The minimum absolute atomic E-state index is 0.267. The van der Waals surface area contributed by atoms with Crippen LogP contribution >= 0.6 is 0 Å². The molecule has 0 atom stereocenters. The fraction of sp³-hybridized carbons (Fsp3) is 0.750. The molecule has 14 heavy (non-hydrogen) atoms. The van der Waals surface area contributed by atoms with Crippen molar-refractivity contribution < 1.29 is 9.63 Å². The number of carbonyl (C=O) groups is 1. The van der Waals surface area contributed by atoms with Crippen LogP contribution in [0.5, 0.6) is 0 Å². The van der Waals surface area contributed by atoms with Gasteiger partial charge in [-0.15, -0.1) is 0 Å². The second-order valence-electron chi connectivity index (χ2n) is 2.68. The molecular weight excluding hydrogens is 184 g/mol. The molecule has 0 aliphatic rings. The zero-order valence-corrected chi connectivity index (χ0v) is 8.32. The highest BCUT2D eigenvalue weighted by Gasteiger charge is 2.06. The molecule has 0 rings (SSSR count). The van der Waals surface area contributed by atoms with Crippen LogP contribution in [0.25, 0.3) is 0 Å². The SMILES string of the molecule is CCN(CCC#N)CCC(=O)ONN. The smallest absolute Gasteiger partial charge is 0.327 e. The lowest BCUT2D eigenvalue weighted by Gasteiger charge is -2.17. The Labute approximate surface area is 83.5 Å². The van der Waals surface area contributed by atoms with Crippen molar-refractivity contribution in [3.05, 3.63) is 0 Å². The van der Waals surface area contributed by atoms with Crippen molar-refractivity contribution in [1.82, 2.24) is 10.5 Å². The van der Waals surface area contributed by atoms with Crippen molar-refractivity contribution >= 4 is 5.97 Å². The molecule has 6 heteroatoms. The number of nitrogens with two attached hydrogens (primary N) is 1. The monoisotopic (exact) mass is 200 g/mol. The summed E-state index contributed by atoms with van der Waals surface area (Å²) < 4.78 is 0. The van der Waals surface area contributed by atoms with E-state index in [2.05, 4.69) is 10.9 Å². The Balaban J connectivity index is 3.61. The van der Waals surface area contributed by atoms with Crippen molar-refractivity contribution in [2.24, 2.45) is 5.84 Å². The molecule has 0 bridgehead atoms. The molecular formula is C8H16N4O2. The van der Waals surface area contributed by atoms with Gasteiger partial charge in [0.05, 0.1) is 12.5 Å². The van der Waals surface area contributed by atoms with E-state index in [1.807, 2.05) is 17.4 Å². The number of rotatable bonds is 7. The van der Waals surface area contributed by atoms with E-state index in [1.165, 1.54) is 0 Å². The molecule has 0 aromatic rings. The second-order valence-corrected chi connectivity index (χ2v) is 2.68.